The molecule has 3 heterocycles. The molecule has 1 aliphatic carbocycles. The second-order valence-electron chi connectivity index (χ2n) is 10.3. The van der Waals surface area contributed by atoms with E-state index in [9.17, 15) is 23.5 Å². The molecule has 4 rings (SSSR count). The van der Waals surface area contributed by atoms with Crippen LogP contribution in [0.4, 0.5) is 14.6 Å². The Labute approximate surface area is 213 Å². The highest BCUT2D eigenvalue weighted by Crippen LogP contribution is 2.39. The summed E-state index contributed by atoms with van der Waals surface area (Å²) in [6, 6.07) is 1.53. The lowest BCUT2D eigenvalue weighted by molar-refractivity contribution is 0.0692. The van der Waals surface area contributed by atoms with Crippen molar-refractivity contribution in [2.45, 2.75) is 83.4 Å². The van der Waals surface area contributed by atoms with Crippen LogP contribution in [0.15, 0.2) is 12.3 Å². The third-order valence-corrected chi connectivity index (χ3v) is 7.73. The molecule has 0 spiro atoms. The van der Waals surface area contributed by atoms with Gasteiger partial charge in [-0.2, -0.15) is 0 Å². The number of pyridine rings is 1. The second-order valence-corrected chi connectivity index (χ2v) is 11.3. The minimum absolute atomic E-state index is 0.00908. The lowest BCUT2D eigenvalue weighted by Crippen LogP contribution is -2.38. The second kappa shape index (κ2) is 10.8. The van der Waals surface area contributed by atoms with Crippen molar-refractivity contribution in [1.29, 1.82) is 0 Å². The third kappa shape index (κ3) is 6.00. The van der Waals surface area contributed by atoms with E-state index in [1.54, 1.807) is 18.7 Å². The summed E-state index contributed by atoms with van der Waals surface area (Å²) >= 11 is 0.884. The fraction of sp³-hybridized carbons (Fsp3) is 0.600. The summed E-state index contributed by atoms with van der Waals surface area (Å²) in [5.74, 6) is -0.598. The maximum atomic E-state index is 14.2. The maximum absolute atomic E-state index is 14.2. The van der Waals surface area contributed by atoms with Crippen molar-refractivity contribution in [3.05, 3.63) is 28.5 Å². The molecule has 2 aromatic heterocycles. The Morgan fingerprint density at radius 1 is 1.25 bits per heavy atom. The van der Waals surface area contributed by atoms with Crippen molar-refractivity contribution in [2.75, 3.05) is 18.4 Å². The molecule has 36 heavy (non-hydrogen) atoms. The Hall–Kier alpha value is -2.66. The molecular weight excluding hydrogens is 488 g/mol. The van der Waals surface area contributed by atoms with Crippen LogP contribution in [-0.2, 0) is 0 Å². The summed E-state index contributed by atoms with van der Waals surface area (Å²) in [5, 5.41) is 15.8. The zero-order valence-electron chi connectivity index (χ0n) is 20.8. The number of carbonyl (C=O) groups is 2. The van der Waals surface area contributed by atoms with Gasteiger partial charge in [0.1, 0.15) is 11.5 Å². The molecule has 196 valence electrons. The number of alkyl halides is 2. The van der Waals surface area contributed by atoms with Crippen molar-refractivity contribution in [3.63, 3.8) is 0 Å². The molecule has 8 nitrogen and oxygen atoms in total. The van der Waals surface area contributed by atoms with Gasteiger partial charge in [0, 0.05) is 42.5 Å². The van der Waals surface area contributed by atoms with E-state index < -0.39 is 17.9 Å². The predicted octanol–water partition coefficient (Wildman–Crippen LogP) is 4.62. The number of thiazole rings is 1. The SMILES string of the molecule is C[C@H]1CCCN1C(=O)c1nc(C(=O)NCC(C)(C)O)sc1-c1cnc(NC2CCCC2)cc1C(F)F. The highest BCUT2D eigenvalue weighted by atomic mass is 32.1. The molecule has 2 aromatic rings. The minimum Gasteiger partial charge on any atom is -0.389 e. The van der Waals surface area contributed by atoms with Crippen LogP contribution < -0.4 is 10.6 Å². The first-order chi connectivity index (χ1) is 17.0. The molecule has 1 saturated heterocycles. The maximum Gasteiger partial charge on any atom is 0.280 e. The van der Waals surface area contributed by atoms with Gasteiger partial charge in [-0.15, -0.1) is 11.3 Å². The average molecular weight is 522 g/mol. The monoisotopic (exact) mass is 521 g/mol. The Bertz CT molecular complexity index is 1110. The standard InChI is InChI=1S/C25H33F2N5O3S/c1-14-7-6-10-32(14)24(34)19-20(36-23(31-19)22(33)29-13-25(2,3)35)17-12-28-18(11-16(17)21(26)27)30-15-8-4-5-9-15/h11-12,14-15,21,35H,4-10,13H2,1-3H3,(H,28,30)(H,29,33)/t14-/m0/s1. The highest BCUT2D eigenvalue weighted by Gasteiger charge is 2.33. The van der Waals surface area contributed by atoms with Crippen molar-refractivity contribution in [2.24, 2.45) is 0 Å². The zero-order valence-corrected chi connectivity index (χ0v) is 21.6. The Morgan fingerprint density at radius 2 is 1.97 bits per heavy atom. The topological polar surface area (TPSA) is 107 Å². The molecule has 2 aliphatic rings. The number of aliphatic hydroxyl groups is 1. The van der Waals surface area contributed by atoms with E-state index in [2.05, 4.69) is 20.6 Å². The number of nitrogens with one attached hydrogen (secondary N) is 2. The number of anilines is 1. The summed E-state index contributed by atoms with van der Waals surface area (Å²) in [5.41, 5.74) is -1.34. The van der Waals surface area contributed by atoms with Crippen molar-refractivity contribution in [1.82, 2.24) is 20.2 Å². The van der Waals surface area contributed by atoms with Crippen LogP contribution in [-0.4, -0.2) is 62.6 Å². The first kappa shape index (κ1) is 26.4. The largest absolute Gasteiger partial charge is 0.389 e. The third-order valence-electron chi connectivity index (χ3n) is 6.64. The van der Waals surface area contributed by atoms with E-state index in [0.717, 1.165) is 49.9 Å². The number of hydrogen-bond donors (Lipinski definition) is 3. The van der Waals surface area contributed by atoms with Gasteiger partial charge in [0.2, 0.25) is 0 Å². The van der Waals surface area contributed by atoms with Gasteiger partial charge in [0.15, 0.2) is 5.01 Å². The van der Waals surface area contributed by atoms with E-state index in [4.69, 9.17) is 0 Å². The molecule has 1 atom stereocenters. The first-order valence-electron chi connectivity index (χ1n) is 12.4. The van der Waals surface area contributed by atoms with Gasteiger partial charge in [0.05, 0.1) is 10.5 Å². The minimum atomic E-state index is -2.81. The normalized spacial score (nSPS) is 18.8. The van der Waals surface area contributed by atoms with Gasteiger partial charge in [-0.3, -0.25) is 9.59 Å². The smallest absolute Gasteiger partial charge is 0.280 e. The molecule has 0 aromatic carbocycles. The van der Waals surface area contributed by atoms with Gasteiger partial charge >= 0.3 is 0 Å². The highest BCUT2D eigenvalue weighted by molar-refractivity contribution is 7.17. The van der Waals surface area contributed by atoms with Gasteiger partial charge in [-0.25, -0.2) is 18.7 Å². The van der Waals surface area contributed by atoms with E-state index in [1.165, 1.54) is 12.3 Å². The molecule has 1 aliphatic heterocycles. The number of rotatable bonds is 8. The lowest BCUT2D eigenvalue weighted by Gasteiger charge is -2.21. The van der Waals surface area contributed by atoms with Gasteiger partial charge in [-0.05, 0) is 52.5 Å². The summed E-state index contributed by atoms with van der Waals surface area (Å²) in [6.07, 6.45) is 4.35. The summed E-state index contributed by atoms with van der Waals surface area (Å²) in [4.78, 5) is 36.8. The van der Waals surface area contributed by atoms with Crippen LogP contribution in [0.2, 0.25) is 0 Å². The summed E-state index contributed by atoms with van der Waals surface area (Å²) in [6.45, 7) is 5.54. The Morgan fingerprint density at radius 3 is 2.58 bits per heavy atom. The molecule has 1 saturated carbocycles. The number of nitrogens with zero attached hydrogens (tertiary/aromatic N) is 3. The van der Waals surface area contributed by atoms with Crippen LogP contribution in [0.1, 0.15) is 91.6 Å². The Kier molecular flexibility index (Phi) is 7.89. The number of amides is 2. The average Bonchev–Trinajstić information content (AvgIpc) is 3.57. The molecule has 2 amide bonds. The summed E-state index contributed by atoms with van der Waals surface area (Å²) in [7, 11) is 0. The molecule has 3 N–H and O–H groups in total. The number of carbonyl (C=O) groups excluding carboxylic acids is 2. The molecule has 0 radical (unpaired) electrons. The van der Waals surface area contributed by atoms with Crippen LogP contribution in [0.3, 0.4) is 0 Å². The molecule has 2 fully saturated rings. The van der Waals surface area contributed by atoms with E-state index in [-0.39, 0.29) is 51.2 Å². The van der Waals surface area contributed by atoms with Crippen molar-refractivity contribution in [3.8, 4) is 10.4 Å². The molecule has 11 heteroatoms. The number of likely N-dealkylation sites (tertiary alicyclic amines) is 1. The van der Waals surface area contributed by atoms with Crippen molar-refractivity contribution >= 4 is 29.0 Å². The quantitative estimate of drug-likeness (QED) is 0.468. The molecule has 0 bridgehead atoms. The van der Waals surface area contributed by atoms with Gasteiger partial charge in [-0.1, -0.05) is 12.8 Å². The lowest BCUT2D eigenvalue weighted by atomic mass is 10.1. The van der Waals surface area contributed by atoms with Gasteiger partial charge < -0.3 is 20.6 Å². The van der Waals surface area contributed by atoms with Crippen LogP contribution in [0, 0.1) is 0 Å². The molecule has 0 unspecified atom stereocenters. The predicted molar refractivity (Wildman–Crippen MR) is 135 cm³/mol. The Balaban J connectivity index is 1.73. The fourth-order valence-electron chi connectivity index (χ4n) is 4.69. The van der Waals surface area contributed by atoms with Crippen LogP contribution >= 0.6 is 11.3 Å². The fourth-order valence-corrected chi connectivity index (χ4v) is 5.69. The van der Waals surface area contributed by atoms with Crippen LogP contribution in [0.25, 0.3) is 10.4 Å². The van der Waals surface area contributed by atoms with E-state index in [1.807, 2.05) is 6.92 Å². The van der Waals surface area contributed by atoms with Crippen LogP contribution in [0.5, 0.6) is 0 Å². The number of hydrogen-bond acceptors (Lipinski definition) is 7. The van der Waals surface area contributed by atoms with Gasteiger partial charge in [0.25, 0.3) is 18.2 Å². The van der Waals surface area contributed by atoms with Crippen molar-refractivity contribution < 1.29 is 23.5 Å². The first-order valence-corrected chi connectivity index (χ1v) is 13.2. The number of halogens is 2. The van der Waals surface area contributed by atoms with E-state index in [0.29, 0.717) is 12.4 Å². The number of aromatic nitrogens is 2. The van der Waals surface area contributed by atoms with E-state index >= 15 is 0 Å². The summed E-state index contributed by atoms with van der Waals surface area (Å²) < 4.78 is 28.5. The zero-order chi connectivity index (χ0) is 26.0. The molecular formula is C25H33F2N5O3S.